The van der Waals surface area contributed by atoms with Gasteiger partial charge in [-0.3, -0.25) is 0 Å². The van der Waals surface area contributed by atoms with Crippen molar-refractivity contribution >= 4 is 72.0 Å². The second-order valence-electron chi connectivity index (χ2n) is 11.5. The van der Waals surface area contributed by atoms with Crippen molar-refractivity contribution in [2.75, 3.05) is 0 Å². The molecule has 5 aromatic carbocycles. The zero-order chi connectivity index (χ0) is 25.7. The number of fused-ring (bicyclic) bond motifs is 10. The van der Waals surface area contributed by atoms with E-state index in [1.165, 1.54) is 76.3 Å². The third-order valence-electron chi connectivity index (χ3n) is 9.90. The minimum absolute atomic E-state index is 1.06. The molecule has 4 heteroatoms. The molecule has 0 unspecified atom stereocenters. The van der Waals surface area contributed by atoms with Crippen LogP contribution in [0.3, 0.4) is 0 Å². The van der Waals surface area contributed by atoms with Crippen molar-refractivity contribution in [3.8, 4) is 28.1 Å². The molecule has 0 saturated carbocycles. The van der Waals surface area contributed by atoms with Gasteiger partial charge in [0.2, 0.25) is 0 Å². The Labute approximate surface area is 234 Å². The number of rotatable bonds is 0. The van der Waals surface area contributed by atoms with Gasteiger partial charge in [-0.1, -0.05) is 0 Å². The van der Waals surface area contributed by atoms with Crippen molar-refractivity contribution in [2.45, 2.75) is 6.16 Å². The molecule has 11 rings (SSSR count). The summed E-state index contributed by atoms with van der Waals surface area (Å²) in [5.74, 6) is 0. The predicted octanol–water partition coefficient (Wildman–Crippen LogP) is 8.08. The first kappa shape index (κ1) is 20.6. The molecule has 0 atom stereocenters. The van der Waals surface area contributed by atoms with Crippen LogP contribution in [0.15, 0.2) is 115 Å². The summed E-state index contributed by atoms with van der Waals surface area (Å²) in [7, 11) is -2.56. The van der Waals surface area contributed by atoms with Crippen LogP contribution >= 0.6 is 18.7 Å². The third-order valence-corrected chi connectivity index (χ3v) is 15.6. The van der Waals surface area contributed by atoms with E-state index in [9.17, 15) is 0 Å². The van der Waals surface area contributed by atoms with Gasteiger partial charge in [0.05, 0.1) is 0 Å². The SMILES string of the molecule is c1ccc2c(c1)C[PH]13c4c(ccc5scc(c45)-c4ccc5c6ccccc6n-2c5c41)-c1c2ccccc2cc[n+]13. The summed E-state index contributed by atoms with van der Waals surface area (Å²) >= 11 is 1.91. The molecule has 3 aliphatic rings. The molecule has 40 heavy (non-hydrogen) atoms. The van der Waals surface area contributed by atoms with Crippen LogP contribution < -0.4 is 14.9 Å². The van der Waals surface area contributed by atoms with Crippen molar-refractivity contribution in [2.24, 2.45) is 0 Å². The zero-order valence-corrected chi connectivity index (χ0v) is 23.3. The fraction of sp³-hybridized carbons (Fsp3) is 0.0278. The first-order valence-electron chi connectivity index (χ1n) is 14.0. The summed E-state index contributed by atoms with van der Waals surface area (Å²) in [4.78, 5) is 0. The zero-order valence-electron chi connectivity index (χ0n) is 21.5. The maximum atomic E-state index is 2.79. The Hall–Kier alpha value is -4.30. The van der Waals surface area contributed by atoms with E-state index in [0.717, 1.165) is 6.16 Å². The Bertz CT molecular complexity index is 2480. The van der Waals surface area contributed by atoms with E-state index in [1.807, 2.05) is 11.3 Å². The van der Waals surface area contributed by atoms with E-state index < -0.39 is 7.41 Å². The average Bonchev–Trinajstić information content (AvgIpc) is 3.63. The molecular formula is C36H22N2PS+. The van der Waals surface area contributed by atoms with Crippen LogP contribution in [0.2, 0.25) is 0 Å². The fourth-order valence-electron chi connectivity index (χ4n) is 8.50. The Balaban J connectivity index is 1.49. The molecule has 0 fully saturated rings. The van der Waals surface area contributed by atoms with Gasteiger partial charge in [0.25, 0.3) is 0 Å². The van der Waals surface area contributed by atoms with E-state index in [0.29, 0.717) is 0 Å². The summed E-state index contributed by atoms with van der Waals surface area (Å²) in [5.41, 5.74) is 11.2. The first-order valence-corrected chi connectivity index (χ1v) is 17.0. The standard InChI is InChI=1S/C36H22N2PS/c1-3-9-23-21(7-1)17-18-37-33(23)27-15-16-31-32-28(20-40-31)26-14-13-25-24-10-4-6-12-30(24)38-29-11-5-2-8-22(29)19-39(37,35(27)32)36(26)34(25)38/h1-18,20,39H,19H2/q+1. The van der Waals surface area contributed by atoms with Gasteiger partial charge in [-0.25, -0.2) is 0 Å². The molecule has 3 aromatic heterocycles. The maximum absolute atomic E-state index is 2.79. The number of hydrogen-bond acceptors (Lipinski definition) is 1. The van der Waals surface area contributed by atoms with Gasteiger partial charge in [-0.05, 0) is 0 Å². The molecular weight excluding hydrogens is 523 g/mol. The monoisotopic (exact) mass is 545 g/mol. The molecule has 2 nitrogen and oxygen atoms in total. The van der Waals surface area contributed by atoms with Gasteiger partial charge in [0.15, 0.2) is 0 Å². The number of pyridine rings is 1. The Morgan fingerprint density at radius 1 is 0.675 bits per heavy atom. The van der Waals surface area contributed by atoms with Crippen LogP contribution in [0, 0.1) is 0 Å². The summed E-state index contributed by atoms with van der Waals surface area (Å²) < 4.78 is 6.82. The van der Waals surface area contributed by atoms with E-state index >= 15 is 0 Å². The number of benzene rings is 5. The van der Waals surface area contributed by atoms with Crippen molar-refractivity contribution in [1.29, 1.82) is 0 Å². The minimum atomic E-state index is -2.56. The molecule has 0 radical (unpaired) electrons. The van der Waals surface area contributed by atoms with Gasteiger partial charge >= 0.3 is 235 Å². The number of hydrogen-bond donors (Lipinski definition) is 0. The molecule has 0 N–H and O–H groups in total. The molecule has 0 saturated heterocycles. The van der Waals surface area contributed by atoms with Gasteiger partial charge in [0.1, 0.15) is 0 Å². The summed E-state index contributed by atoms with van der Waals surface area (Å²) in [6.45, 7) is 0. The second-order valence-corrected chi connectivity index (χ2v) is 16.0. The number of para-hydroxylation sites is 2. The topological polar surface area (TPSA) is 8.81 Å². The van der Waals surface area contributed by atoms with Crippen molar-refractivity contribution < 1.29 is 4.34 Å². The molecule has 0 amide bonds. The molecule has 6 heterocycles. The molecule has 186 valence electrons. The summed E-state index contributed by atoms with van der Waals surface area (Å²) in [5, 5.41) is 12.6. The molecule has 8 aromatic rings. The van der Waals surface area contributed by atoms with Gasteiger partial charge in [-0.15, -0.1) is 0 Å². The normalized spacial score (nSPS) is 15.9. The first-order chi connectivity index (χ1) is 19.8. The molecule has 0 aliphatic carbocycles. The van der Waals surface area contributed by atoms with Crippen LogP contribution in [-0.4, -0.2) is 4.57 Å². The van der Waals surface area contributed by atoms with Crippen LogP contribution in [0.4, 0.5) is 0 Å². The van der Waals surface area contributed by atoms with Crippen molar-refractivity contribution in [3.63, 3.8) is 0 Å². The van der Waals surface area contributed by atoms with Crippen molar-refractivity contribution in [1.82, 2.24) is 4.57 Å². The quantitative estimate of drug-likeness (QED) is 0.170. The van der Waals surface area contributed by atoms with Gasteiger partial charge < -0.3 is 0 Å². The van der Waals surface area contributed by atoms with E-state index in [-0.39, 0.29) is 0 Å². The van der Waals surface area contributed by atoms with Crippen LogP contribution in [0.25, 0.3) is 70.7 Å². The summed E-state index contributed by atoms with van der Waals surface area (Å²) in [6, 6.07) is 39.2. The van der Waals surface area contributed by atoms with Crippen LogP contribution in [-0.2, 0) is 6.16 Å². The Morgan fingerprint density at radius 3 is 2.48 bits per heavy atom. The number of thiophene rings is 1. The Morgan fingerprint density at radius 2 is 1.50 bits per heavy atom. The second kappa shape index (κ2) is 6.70. The number of aromatic nitrogens is 2. The van der Waals surface area contributed by atoms with Crippen LogP contribution in [0.5, 0.6) is 0 Å². The molecule has 1 spiro atoms. The Kier molecular flexibility index (Phi) is 3.45. The van der Waals surface area contributed by atoms with E-state index in [2.05, 4.69) is 124 Å². The molecule has 0 bridgehead atoms. The predicted molar refractivity (Wildman–Crippen MR) is 171 cm³/mol. The fourth-order valence-corrected chi connectivity index (χ4v) is 15.2. The van der Waals surface area contributed by atoms with Crippen molar-refractivity contribution in [3.05, 3.63) is 120 Å². The van der Waals surface area contributed by atoms with E-state index in [4.69, 9.17) is 0 Å². The third kappa shape index (κ3) is 2.08. The van der Waals surface area contributed by atoms with E-state index in [1.54, 1.807) is 10.6 Å². The van der Waals surface area contributed by atoms with Gasteiger partial charge in [-0.2, -0.15) is 0 Å². The van der Waals surface area contributed by atoms with Crippen LogP contribution in [0.1, 0.15) is 5.56 Å². The summed E-state index contributed by atoms with van der Waals surface area (Å²) in [6.07, 6.45) is 3.50. The number of nitrogens with zero attached hydrogens (tertiary/aromatic N) is 2. The average molecular weight is 546 g/mol. The van der Waals surface area contributed by atoms with Gasteiger partial charge in [0, 0.05) is 0 Å². The molecule has 3 aliphatic heterocycles.